The molecule has 96 valence electrons. The van der Waals surface area contributed by atoms with Gasteiger partial charge >= 0.3 is 0 Å². The molecule has 3 rings (SSSR count). The van der Waals surface area contributed by atoms with Crippen molar-refractivity contribution in [1.82, 2.24) is 0 Å². The molecule has 19 heavy (non-hydrogen) atoms. The average molecular weight is 253 g/mol. The van der Waals surface area contributed by atoms with Crippen molar-refractivity contribution in [1.29, 1.82) is 0 Å². The van der Waals surface area contributed by atoms with E-state index in [1.54, 1.807) is 0 Å². The van der Waals surface area contributed by atoms with Gasteiger partial charge in [0, 0.05) is 6.21 Å². The summed E-state index contributed by atoms with van der Waals surface area (Å²) in [5.74, 6) is 0.868. The molecule has 1 unspecified atom stereocenters. The van der Waals surface area contributed by atoms with Gasteiger partial charge in [0.2, 0.25) is 0 Å². The molecule has 0 N–H and O–H groups in total. The fourth-order valence-electron chi connectivity index (χ4n) is 1.67. The number of epoxide rings is 1. The highest BCUT2D eigenvalue weighted by molar-refractivity contribution is 5.82. The molecule has 1 aliphatic rings. The Kier molecular flexibility index (Phi) is 3.56. The quantitative estimate of drug-likeness (QED) is 0.605. The first-order valence-corrected chi connectivity index (χ1v) is 6.34. The van der Waals surface area contributed by atoms with Gasteiger partial charge in [0.25, 0.3) is 0 Å². The smallest absolute Gasteiger partial charge is 0.119 e. The molecule has 0 aromatic heterocycles. The van der Waals surface area contributed by atoms with Crippen LogP contribution in [0.25, 0.3) is 0 Å². The van der Waals surface area contributed by atoms with E-state index in [2.05, 4.69) is 4.99 Å². The number of rotatable bonds is 5. The summed E-state index contributed by atoms with van der Waals surface area (Å²) in [4.78, 5) is 4.40. The molecule has 3 nitrogen and oxygen atoms in total. The van der Waals surface area contributed by atoms with Gasteiger partial charge in [-0.25, -0.2) is 0 Å². The van der Waals surface area contributed by atoms with Crippen LogP contribution in [0.5, 0.6) is 5.75 Å². The van der Waals surface area contributed by atoms with E-state index in [1.807, 2.05) is 60.8 Å². The maximum atomic E-state index is 5.58. The van der Waals surface area contributed by atoms with Gasteiger partial charge in [-0.3, -0.25) is 4.99 Å². The molecule has 1 aliphatic heterocycles. The van der Waals surface area contributed by atoms with E-state index < -0.39 is 0 Å². The molecular weight excluding hydrogens is 238 g/mol. The zero-order valence-corrected chi connectivity index (χ0v) is 10.5. The minimum absolute atomic E-state index is 0.291. The SMILES string of the molecule is C(=Nc1ccccc1)c1ccc(OCC2CO2)cc1. The third-order valence-corrected chi connectivity index (χ3v) is 2.84. The lowest BCUT2D eigenvalue weighted by molar-refractivity contribution is 0.263. The molecule has 1 heterocycles. The first-order chi connectivity index (χ1) is 9.40. The van der Waals surface area contributed by atoms with Crippen molar-refractivity contribution in [3.05, 3.63) is 60.2 Å². The van der Waals surface area contributed by atoms with E-state index in [1.165, 1.54) is 0 Å². The van der Waals surface area contributed by atoms with Crippen LogP contribution in [0, 0.1) is 0 Å². The van der Waals surface area contributed by atoms with Crippen LogP contribution in [0.4, 0.5) is 5.69 Å². The molecule has 2 aromatic rings. The average Bonchev–Trinajstić information content (AvgIpc) is 3.29. The van der Waals surface area contributed by atoms with Crippen molar-refractivity contribution in [3.8, 4) is 5.75 Å². The highest BCUT2D eigenvalue weighted by Gasteiger charge is 2.22. The van der Waals surface area contributed by atoms with Gasteiger partial charge in [0.05, 0.1) is 12.3 Å². The molecule has 0 amide bonds. The van der Waals surface area contributed by atoms with E-state index in [0.717, 1.165) is 23.6 Å². The minimum Gasteiger partial charge on any atom is -0.491 e. The van der Waals surface area contributed by atoms with Gasteiger partial charge in [-0.05, 0) is 42.0 Å². The summed E-state index contributed by atoms with van der Waals surface area (Å²) in [7, 11) is 0. The summed E-state index contributed by atoms with van der Waals surface area (Å²) < 4.78 is 10.7. The predicted octanol–water partition coefficient (Wildman–Crippen LogP) is 3.21. The third kappa shape index (κ3) is 3.66. The fraction of sp³-hybridized carbons (Fsp3) is 0.188. The summed E-state index contributed by atoms with van der Waals surface area (Å²) in [5, 5.41) is 0. The molecule has 0 radical (unpaired) electrons. The summed E-state index contributed by atoms with van der Waals surface area (Å²) in [6.07, 6.45) is 2.14. The Morgan fingerprint density at radius 1 is 1.11 bits per heavy atom. The number of ether oxygens (including phenoxy) is 2. The lowest BCUT2D eigenvalue weighted by atomic mass is 10.2. The molecule has 0 spiro atoms. The van der Waals surface area contributed by atoms with Gasteiger partial charge in [-0.15, -0.1) is 0 Å². The summed E-state index contributed by atoms with van der Waals surface area (Å²) in [6, 6.07) is 17.8. The van der Waals surface area contributed by atoms with Crippen molar-refractivity contribution >= 4 is 11.9 Å². The molecule has 0 saturated carbocycles. The number of benzene rings is 2. The van der Waals surface area contributed by atoms with Crippen molar-refractivity contribution in [2.45, 2.75) is 6.10 Å². The second-order valence-corrected chi connectivity index (χ2v) is 4.43. The molecule has 0 bridgehead atoms. The van der Waals surface area contributed by atoms with E-state index >= 15 is 0 Å². The highest BCUT2D eigenvalue weighted by Crippen LogP contribution is 2.16. The molecule has 0 aliphatic carbocycles. The topological polar surface area (TPSA) is 34.1 Å². The highest BCUT2D eigenvalue weighted by atomic mass is 16.6. The molecule has 3 heteroatoms. The maximum Gasteiger partial charge on any atom is 0.119 e. The van der Waals surface area contributed by atoms with E-state index in [-0.39, 0.29) is 0 Å². The second kappa shape index (κ2) is 5.67. The summed E-state index contributed by atoms with van der Waals surface area (Å²) in [5.41, 5.74) is 2.01. The van der Waals surface area contributed by atoms with Crippen LogP contribution in [-0.2, 0) is 4.74 Å². The lowest BCUT2D eigenvalue weighted by Gasteiger charge is -2.03. The molecular formula is C16H15NO2. The van der Waals surface area contributed by atoms with Crippen molar-refractivity contribution in [2.75, 3.05) is 13.2 Å². The monoisotopic (exact) mass is 253 g/mol. The van der Waals surface area contributed by atoms with Crippen molar-refractivity contribution in [2.24, 2.45) is 4.99 Å². The van der Waals surface area contributed by atoms with E-state index in [0.29, 0.717) is 12.7 Å². The Hall–Kier alpha value is -2.13. The number of hydrogen-bond donors (Lipinski definition) is 0. The fourth-order valence-corrected chi connectivity index (χ4v) is 1.67. The lowest BCUT2D eigenvalue weighted by Crippen LogP contribution is -2.03. The van der Waals surface area contributed by atoms with Gasteiger partial charge in [0.15, 0.2) is 0 Å². The van der Waals surface area contributed by atoms with Crippen LogP contribution >= 0.6 is 0 Å². The van der Waals surface area contributed by atoms with Crippen LogP contribution in [0.3, 0.4) is 0 Å². The van der Waals surface area contributed by atoms with Crippen LogP contribution in [0.2, 0.25) is 0 Å². The van der Waals surface area contributed by atoms with Crippen LogP contribution in [-0.4, -0.2) is 25.5 Å². The predicted molar refractivity (Wildman–Crippen MR) is 75.4 cm³/mol. The largest absolute Gasteiger partial charge is 0.491 e. The zero-order valence-electron chi connectivity index (χ0n) is 10.5. The third-order valence-electron chi connectivity index (χ3n) is 2.84. The van der Waals surface area contributed by atoms with Crippen molar-refractivity contribution < 1.29 is 9.47 Å². The Balaban J connectivity index is 1.60. The van der Waals surface area contributed by atoms with Crippen LogP contribution < -0.4 is 4.74 Å². The Morgan fingerprint density at radius 3 is 2.53 bits per heavy atom. The number of hydrogen-bond acceptors (Lipinski definition) is 3. The number of para-hydroxylation sites is 1. The normalized spacial score (nSPS) is 17.6. The van der Waals surface area contributed by atoms with E-state index in [4.69, 9.17) is 9.47 Å². The summed E-state index contributed by atoms with van der Waals surface area (Å²) in [6.45, 7) is 1.46. The Morgan fingerprint density at radius 2 is 1.84 bits per heavy atom. The maximum absolute atomic E-state index is 5.58. The van der Waals surface area contributed by atoms with Gasteiger partial charge in [0.1, 0.15) is 18.5 Å². The minimum atomic E-state index is 0.291. The van der Waals surface area contributed by atoms with Gasteiger partial charge in [-0.2, -0.15) is 0 Å². The van der Waals surface area contributed by atoms with Crippen LogP contribution in [0.15, 0.2) is 59.6 Å². The Bertz CT molecular complexity index is 545. The van der Waals surface area contributed by atoms with Gasteiger partial charge < -0.3 is 9.47 Å². The standard InChI is InChI=1S/C16H15NO2/c1-2-4-14(5-3-1)17-10-13-6-8-15(9-7-13)18-11-16-12-19-16/h1-10,16H,11-12H2. The second-order valence-electron chi connectivity index (χ2n) is 4.43. The Labute approximate surface area is 112 Å². The molecule has 2 aromatic carbocycles. The first kappa shape index (κ1) is 11.9. The summed E-state index contributed by atoms with van der Waals surface area (Å²) >= 11 is 0. The van der Waals surface area contributed by atoms with E-state index in [9.17, 15) is 0 Å². The number of nitrogens with zero attached hydrogens (tertiary/aromatic N) is 1. The molecule has 1 saturated heterocycles. The van der Waals surface area contributed by atoms with Gasteiger partial charge in [-0.1, -0.05) is 18.2 Å². The molecule has 1 atom stereocenters. The van der Waals surface area contributed by atoms with Crippen LogP contribution in [0.1, 0.15) is 5.56 Å². The zero-order chi connectivity index (χ0) is 12.9. The first-order valence-electron chi connectivity index (χ1n) is 6.34. The van der Waals surface area contributed by atoms with Crippen molar-refractivity contribution in [3.63, 3.8) is 0 Å². The number of aliphatic imine (C=N–C) groups is 1. The molecule has 1 fully saturated rings.